The summed E-state index contributed by atoms with van der Waals surface area (Å²) in [4.78, 5) is 10.6. The molecular weight excluding hydrogens is 172 g/mol. The summed E-state index contributed by atoms with van der Waals surface area (Å²) in [6.07, 6.45) is 1.97. The van der Waals surface area contributed by atoms with Crippen LogP contribution in [0.5, 0.6) is 0 Å². The summed E-state index contributed by atoms with van der Waals surface area (Å²) >= 11 is 0. The highest BCUT2D eigenvalue weighted by atomic mass is 16.1. The van der Waals surface area contributed by atoms with Crippen LogP contribution in [0, 0.1) is 0 Å². The fourth-order valence-electron chi connectivity index (χ4n) is 1.40. The molecule has 1 aromatic rings. The monoisotopic (exact) mass is 189 g/mol. The SMILES string of the molecule is CC(C)c1cc([C]=O)cc(C(C)C)c1. The molecule has 0 aliphatic carbocycles. The van der Waals surface area contributed by atoms with E-state index < -0.39 is 0 Å². The maximum Gasteiger partial charge on any atom is 0.233 e. The van der Waals surface area contributed by atoms with Crippen LogP contribution in [0.15, 0.2) is 18.2 Å². The molecule has 0 bridgehead atoms. The Morgan fingerprint density at radius 3 is 1.64 bits per heavy atom. The van der Waals surface area contributed by atoms with Crippen LogP contribution in [0.1, 0.15) is 56.2 Å². The normalized spacial score (nSPS) is 11.0. The smallest absolute Gasteiger partial charge is 0.233 e. The molecule has 0 unspecified atom stereocenters. The van der Waals surface area contributed by atoms with Gasteiger partial charge in [-0.1, -0.05) is 33.8 Å². The largest absolute Gasteiger partial charge is 0.285 e. The average Bonchev–Trinajstić information content (AvgIpc) is 2.16. The quantitative estimate of drug-likeness (QED) is 0.712. The Labute approximate surface area is 86.1 Å². The molecule has 1 heteroatoms. The third-order valence-corrected chi connectivity index (χ3v) is 2.43. The van der Waals surface area contributed by atoms with Gasteiger partial charge in [0.05, 0.1) is 0 Å². The Morgan fingerprint density at radius 2 is 1.36 bits per heavy atom. The van der Waals surface area contributed by atoms with Gasteiger partial charge in [-0.05, 0) is 35.1 Å². The Hall–Kier alpha value is -1.11. The van der Waals surface area contributed by atoms with Crippen LogP contribution < -0.4 is 0 Å². The van der Waals surface area contributed by atoms with Crippen LogP contribution in [-0.2, 0) is 4.79 Å². The first-order valence-electron chi connectivity index (χ1n) is 5.07. The van der Waals surface area contributed by atoms with Crippen molar-refractivity contribution < 1.29 is 4.79 Å². The third-order valence-electron chi connectivity index (χ3n) is 2.43. The van der Waals surface area contributed by atoms with Crippen LogP contribution in [0.2, 0.25) is 0 Å². The lowest BCUT2D eigenvalue weighted by Gasteiger charge is -2.11. The van der Waals surface area contributed by atoms with E-state index in [-0.39, 0.29) is 0 Å². The fourth-order valence-corrected chi connectivity index (χ4v) is 1.40. The molecule has 1 aromatic carbocycles. The molecule has 0 aromatic heterocycles. The molecule has 14 heavy (non-hydrogen) atoms. The number of carbonyl (C=O) groups excluding carboxylic acids is 1. The minimum Gasteiger partial charge on any atom is -0.285 e. The first-order valence-corrected chi connectivity index (χ1v) is 5.07. The van der Waals surface area contributed by atoms with E-state index in [0.29, 0.717) is 17.4 Å². The predicted octanol–water partition coefficient (Wildman–Crippen LogP) is 3.39. The standard InChI is InChI=1S/C13H17O/c1-9(2)12-5-11(8-14)6-13(7-12)10(3)4/h5-7,9-10H,1-4H3. The summed E-state index contributed by atoms with van der Waals surface area (Å²) in [5.74, 6) is 0.918. The summed E-state index contributed by atoms with van der Waals surface area (Å²) in [6.45, 7) is 8.53. The Morgan fingerprint density at radius 1 is 0.929 bits per heavy atom. The highest BCUT2D eigenvalue weighted by Crippen LogP contribution is 2.22. The van der Waals surface area contributed by atoms with Gasteiger partial charge >= 0.3 is 0 Å². The van der Waals surface area contributed by atoms with Crippen molar-refractivity contribution in [1.82, 2.24) is 0 Å². The average molecular weight is 189 g/mol. The van der Waals surface area contributed by atoms with E-state index in [2.05, 4.69) is 33.8 Å². The Kier molecular flexibility index (Phi) is 3.45. The van der Waals surface area contributed by atoms with Crippen molar-refractivity contribution in [2.75, 3.05) is 0 Å². The van der Waals surface area contributed by atoms with Crippen molar-refractivity contribution in [2.24, 2.45) is 0 Å². The molecule has 0 atom stereocenters. The number of benzene rings is 1. The molecule has 0 spiro atoms. The maximum absolute atomic E-state index is 10.6. The number of hydrogen-bond donors (Lipinski definition) is 0. The summed E-state index contributed by atoms with van der Waals surface area (Å²) in [6, 6.07) is 6.02. The number of rotatable bonds is 3. The van der Waals surface area contributed by atoms with E-state index in [0.717, 1.165) is 0 Å². The van der Waals surface area contributed by atoms with Gasteiger partial charge in [-0.25, -0.2) is 0 Å². The van der Waals surface area contributed by atoms with E-state index in [4.69, 9.17) is 0 Å². The molecule has 75 valence electrons. The summed E-state index contributed by atoms with van der Waals surface area (Å²) in [5, 5.41) is 0. The molecule has 0 saturated carbocycles. The topological polar surface area (TPSA) is 17.1 Å². The van der Waals surface area contributed by atoms with Crippen LogP contribution in [0.3, 0.4) is 0 Å². The van der Waals surface area contributed by atoms with Crippen molar-refractivity contribution in [3.63, 3.8) is 0 Å². The summed E-state index contributed by atoms with van der Waals surface area (Å²) < 4.78 is 0. The highest BCUT2D eigenvalue weighted by molar-refractivity contribution is 5.76. The molecule has 0 aliphatic rings. The molecule has 0 saturated heterocycles. The van der Waals surface area contributed by atoms with Crippen molar-refractivity contribution in [1.29, 1.82) is 0 Å². The second-order valence-electron chi connectivity index (χ2n) is 4.30. The van der Waals surface area contributed by atoms with E-state index in [1.807, 2.05) is 18.4 Å². The van der Waals surface area contributed by atoms with Crippen molar-refractivity contribution in [3.05, 3.63) is 34.9 Å². The van der Waals surface area contributed by atoms with E-state index in [1.165, 1.54) is 11.1 Å². The summed E-state index contributed by atoms with van der Waals surface area (Å²) in [7, 11) is 0. The van der Waals surface area contributed by atoms with Crippen LogP contribution in [0.25, 0.3) is 0 Å². The van der Waals surface area contributed by atoms with E-state index in [9.17, 15) is 4.79 Å². The zero-order valence-corrected chi connectivity index (χ0v) is 9.29. The van der Waals surface area contributed by atoms with Crippen LogP contribution >= 0.6 is 0 Å². The molecule has 0 aliphatic heterocycles. The highest BCUT2D eigenvalue weighted by Gasteiger charge is 2.06. The van der Waals surface area contributed by atoms with Crippen molar-refractivity contribution >= 4 is 6.29 Å². The van der Waals surface area contributed by atoms with Gasteiger partial charge in [-0.15, -0.1) is 0 Å². The van der Waals surface area contributed by atoms with Gasteiger partial charge in [0.15, 0.2) is 0 Å². The Balaban J connectivity index is 3.20. The van der Waals surface area contributed by atoms with Crippen LogP contribution in [0.4, 0.5) is 0 Å². The zero-order valence-electron chi connectivity index (χ0n) is 9.29. The van der Waals surface area contributed by atoms with Crippen molar-refractivity contribution in [3.8, 4) is 0 Å². The van der Waals surface area contributed by atoms with Gasteiger partial charge in [-0.2, -0.15) is 0 Å². The third kappa shape index (κ3) is 2.44. The van der Waals surface area contributed by atoms with E-state index in [1.54, 1.807) is 0 Å². The van der Waals surface area contributed by atoms with E-state index >= 15 is 0 Å². The molecular formula is C13H17O. The second-order valence-corrected chi connectivity index (χ2v) is 4.30. The molecule has 0 heterocycles. The minimum atomic E-state index is 0.459. The molecule has 1 nitrogen and oxygen atoms in total. The molecule has 1 rings (SSSR count). The van der Waals surface area contributed by atoms with Gasteiger partial charge in [0.1, 0.15) is 0 Å². The molecule has 1 radical (unpaired) electrons. The maximum atomic E-state index is 10.6. The van der Waals surface area contributed by atoms with Crippen molar-refractivity contribution in [2.45, 2.75) is 39.5 Å². The van der Waals surface area contributed by atoms with Gasteiger partial charge in [-0.3, -0.25) is 4.79 Å². The summed E-state index contributed by atoms with van der Waals surface area (Å²) in [5.41, 5.74) is 3.10. The predicted molar refractivity (Wildman–Crippen MR) is 59.4 cm³/mol. The first kappa shape index (κ1) is 11.0. The van der Waals surface area contributed by atoms with Crippen LogP contribution in [-0.4, -0.2) is 6.29 Å². The second kappa shape index (κ2) is 4.41. The molecule has 0 amide bonds. The van der Waals surface area contributed by atoms with Gasteiger partial charge in [0.25, 0.3) is 0 Å². The first-order chi connectivity index (χ1) is 6.54. The molecule has 0 fully saturated rings. The zero-order chi connectivity index (χ0) is 10.7. The Bertz CT molecular complexity index is 298. The fraction of sp³-hybridized carbons (Fsp3) is 0.462. The van der Waals surface area contributed by atoms with Gasteiger partial charge in [0.2, 0.25) is 6.29 Å². The lowest BCUT2D eigenvalue weighted by molar-refractivity contribution is 0.562. The minimum absolute atomic E-state index is 0.459. The lowest BCUT2D eigenvalue weighted by atomic mass is 9.93. The lowest BCUT2D eigenvalue weighted by Crippen LogP contribution is -1.96. The number of hydrogen-bond acceptors (Lipinski definition) is 1. The van der Waals surface area contributed by atoms with Gasteiger partial charge in [0, 0.05) is 5.56 Å². The molecule has 0 N–H and O–H groups in total. The van der Waals surface area contributed by atoms with Gasteiger partial charge < -0.3 is 0 Å².